The lowest BCUT2D eigenvalue weighted by Gasteiger charge is -2.34. The van der Waals surface area contributed by atoms with Crippen molar-refractivity contribution in [2.45, 2.75) is 32.2 Å². The number of fused-ring (bicyclic) bond motifs is 1. The number of likely N-dealkylation sites (tertiary alicyclic amines) is 1. The molecule has 134 valence electrons. The van der Waals surface area contributed by atoms with E-state index in [0.717, 1.165) is 24.2 Å². The van der Waals surface area contributed by atoms with Crippen LogP contribution in [-0.4, -0.2) is 46.7 Å². The zero-order valence-electron chi connectivity index (χ0n) is 13.2. The number of rotatable bonds is 2. The van der Waals surface area contributed by atoms with Gasteiger partial charge in [-0.05, 0) is 26.2 Å². The van der Waals surface area contributed by atoms with Gasteiger partial charge in [-0.25, -0.2) is 0 Å². The summed E-state index contributed by atoms with van der Waals surface area (Å²) in [7, 11) is 0. The molecule has 0 N–H and O–H groups in total. The minimum absolute atomic E-state index is 0.0764. The van der Waals surface area contributed by atoms with Gasteiger partial charge < -0.3 is 4.90 Å². The molecule has 1 fully saturated rings. The number of amides is 3. The SMILES string of the molecule is CC1CCCCN1C(=O)CN1C(=O)c2c(Cl)c(Cl)c(Cl)c(Cl)c2C1=O. The molecule has 3 amide bonds. The third-order valence-corrected chi connectivity index (χ3v) is 6.40. The van der Waals surface area contributed by atoms with Crippen LogP contribution in [0.2, 0.25) is 20.1 Å². The van der Waals surface area contributed by atoms with Crippen molar-refractivity contribution in [3.05, 3.63) is 31.2 Å². The normalized spacial score (nSPS) is 20.3. The first-order chi connectivity index (χ1) is 11.8. The summed E-state index contributed by atoms with van der Waals surface area (Å²) < 4.78 is 0. The van der Waals surface area contributed by atoms with Crippen LogP contribution < -0.4 is 0 Å². The molecule has 2 heterocycles. The Kier molecular flexibility index (Phi) is 5.22. The van der Waals surface area contributed by atoms with Crippen molar-refractivity contribution in [1.29, 1.82) is 0 Å². The van der Waals surface area contributed by atoms with Crippen LogP contribution in [0.25, 0.3) is 0 Å². The quantitative estimate of drug-likeness (QED) is 0.404. The summed E-state index contributed by atoms with van der Waals surface area (Å²) in [5, 5.41) is -0.450. The van der Waals surface area contributed by atoms with Gasteiger partial charge >= 0.3 is 0 Å². The standard InChI is InChI=1S/C16H14Cl4N2O3/c1-7-4-2-3-5-21(7)8(23)6-22-15(24)9-10(16(22)25)12(18)14(20)13(19)11(9)17/h7H,2-6H2,1H3. The van der Waals surface area contributed by atoms with Crippen LogP contribution in [0.4, 0.5) is 0 Å². The molecule has 1 atom stereocenters. The molecule has 25 heavy (non-hydrogen) atoms. The Hall–Kier alpha value is -1.01. The maximum absolute atomic E-state index is 12.6. The largest absolute Gasteiger partial charge is 0.338 e. The number of halogens is 4. The van der Waals surface area contributed by atoms with E-state index in [4.69, 9.17) is 46.4 Å². The molecule has 1 unspecified atom stereocenters. The monoisotopic (exact) mass is 422 g/mol. The molecule has 2 aliphatic rings. The first-order valence-electron chi connectivity index (χ1n) is 7.77. The predicted octanol–water partition coefficient (Wildman–Crippen LogP) is 4.30. The first-order valence-corrected chi connectivity index (χ1v) is 9.28. The Labute approximate surface area is 164 Å². The number of carbonyl (C=O) groups is 3. The van der Waals surface area contributed by atoms with Crippen molar-refractivity contribution in [2.24, 2.45) is 0 Å². The number of hydrogen-bond donors (Lipinski definition) is 0. The molecule has 1 aromatic rings. The minimum Gasteiger partial charge on any atom is -0.338 e. The van der Waals surface area contributed by atoms with E-state index >= 15 is 0 Å². The topological polar surface area (TPSA) is 57.7 Å². The van der Waals surface area contributed by atoms with Crippen LogP contribution in [0, 0.1) is 0 Å². The van der Waals surface area contributed by atoms with Gasteiger partial charge in [-0.15, -0.1) is 0 Å². The summed E-state index contributed by atoms with van der Waals surface area (Å²) in [6.07, 6.45) is 2.86. The Morgan fingerprint density at radius 3 is 1.96 bits per heavy atom. The second kappa shape index (κ2) is 6.95. The molecule has 5 nitrogen and oxygen atoms in total. The summed E-state index contributed by atoms with van der Waals surface area (Å²) in [5.41, 5.74) is -0.212. The molecule has 1 aromatic carbocycles. The zero-order chi connectivity index (χ0) is 18.5. The van der Waals surface area contributed by atoms with Gasteiger partial charge in [-0.1, -0.05) is 46.4 Å². The highest BCUT2D eigenvalue weighted by Crippen LogP contribution is 2.44. The molecule has 0 radical (unpaired) electrons. The van der Waals surface area contributed by atoms with E-state index in [1.807, 2.05) is 6.92 Å². The highest BCUT2D eigenvalue weighted by atomic mass is 35.5. The molecule has 2 aliphatic heterocycles. The molecule has 3 rings (SSSR count). The second-order valence-corrected chi connectivity index (χ2v) is 7.65. The summed E-state index contributed by atoms with van der Waals surface area (Å²) in [4.78, 5) is 40.4. The summed E-state index contributed by atoms with van der Waals surface area (Å²) in [5.74, 6) is -1.67. The van der Waals surface area contributed by atoms with Crippen molar-refractivity contribution >= 4 is 64.1 Å². The number of nitrogens with zero attached hydrogens (tertiary/aromatic N) is 2. The summed E-state index contributed by atoms with van der Waals surface area (Å²) in [6, 6.07) is 0.0764. The fourth-order valence-corrected chi connectivity index (χ4v) is 4.25. The van der Waals surface area contributed by atoms with E-state index in [9.17, 15) is 14.4 Å². The van der Waals surface area contributed by atoms with E-state index in [-0.39, 0.29) is 49.7 Å². The minimum atomic E-state index is -0.691. The Bertz CT molecular complexity index is 749. The lowest BCUT2D eigenvalue weighted by molar-refractivity contribution is -0.134. The lowest BCUT2D eigenvalue weighted by Crippen LogP contribution is -2.48. The molecule has 0 aromatic heterocycles. The molecule has 0 bridgehead atoms. The smallest absolute Gasteiger partial charge is 0.263 e. The van der Waals surface area contributed by atoms with E-state index < -0.39 is 11.8 Å². The van der Waals surface area contributed by atoms with Crippen LogP contribution >= 0.6 is 46.4 Å². The maximum atomic E-state index is 12.6. The maximum Gasteiger partial charge on any atom is 0.263 e. The fourth-order valence-electron chi connectivity index (χ4n) is 3.23. The van der Waals surface area contributed by atoms with Crippen molar-refractivity contribution in [1.82, 2.24) is 9.80 Å². The molecule has 0 saturated carbocycles. The highest BCUT2D eigenvalue weighted by molar-refractivity contribution is 6.55. The van der Waals surface area contributed by atoms with Crippen molar-refractivity contribution in [3.63, 3.8) is 0 Å². The highest BCUT2D eigenvalue weighted by Gasteiger charge is 2.43. The van der Waals surface area contributed by atoms with Crippen molar-refractivity contribution < 1.29 is 14.4 Å². The molecular weight excluding hydrogens is 410 g/mol. The average Bonchev–Trinajstić information content (AvgIpc) is 2.83. The van der Waals surface area contributed by atoms with Gasteiger partial charge in [0, 0.05) is 12.6 Å². The predicted molar refractivity (Wildman–Crippen MR) is 96.9 cm³/mol. The third kappa shape index (κ3) is 3.01. The average molecular weight is 424 g/mol. The van der Waals surface area contributed by atoms with E-state index in [1.165, 1.54) is 0 Å². The number of piperidine rings is 1. The van der Waals surface area contributed by atoms with Crippen molar-refractivity contribution in [3.8, 4) is 0 Å². The molecule has 9 heteroatoms. The number of benzene rings is 1. The fraction of sp³-hybridized carbons (Fsp3) is 0.438. The van der Waals surface area contributed by atoms with Crippen LogP contribution in [0.3, 0.4) is 0 Å². The molecule has 0 spiro atoms. The van der Waals surface area contributed by atoms with Gasteiger partial charge in [-0.2, -0.15) is 0 Å². The Morgan fingerprint density at radius 1 is 0.960 bits per heavy atom. The number of imide groups is 1. The van der Waals surface area contributed by atoms with Crippen LogP contribution in [0.15, 0.2) is 0 Å². The van der Waals surface area contributed by atoms with E-state index in [1.54, 1.807) is 4.90 Å². The van der Waals surface area contributed by atoms with Crippen LogP contribution in [0.1, 0.15) is 46.9 Å². The van der Waals surface area contributed by atoms with Gasteiger partial charge in [0.25, 0.3) is 11.8 Å². The third-order valence-electron chi connectivity index (χ3n) is 4.60. The molecule has 1 saturated heterocycles. The molecule has 0 aliphatic carbocycles. The lowest BCUT2D eigenvalue weighted by atomic mass is 10.0. The summed E-state index contributed by atoms with van der Waals surface area (Å²) >= 11 is 24.1. The van der Waals surface area contributed by atoms with Gasteiger partial charge in [0.05, 0.1) is 31.2 Å². The first kappa shape index (κ1) is 18.8. The number of hydrogen-bond acceptors (Lipinski definition) is 3. The van der Waals surface area contributed by atoms with Gasteiger partial charge in [0.1, 0.15) is 6.54 Å². The number of carbonyl (C=O) groups excluding carboxylic acids is 3. The van der Waals surface area contributed by atoms with Crippen molar-refractivity contribution in [2.75, 3.05) is 13.1 Å². The Balaban J connectivity index is 1.92. The summed E-state index contributed by atoms with van der Waals surface area (Å²) in [6.45, 7) is 2.20. The van der Waals surface area contributed by atoms with Gasteiger partial charge in [0.15, 0.2) is 0 Å². The van der Waals surface area contributed by atoms with E-state index in [0.29, 0.717) is 6.54 Å². The van der Waals surface area contributed by atoms with Crippen LogP contribution in [-0.2, 0) is 4.79 Å². The van der Waals surface area contributed by atoms with Gasteiger partial charge in [0.2, 0.25) is 5.91 Å². The van der Waals surface area contributed by atoms with Crippen LogP contribution in [0.5, 0.6) is 0 Å². The molecular formula is C16H14Cl4N2O3. The van der Waals surface area contributed by atoms with Gasteiger partial charge in [-0.3, -0.25) is 19.3 Å². The Morgan fingerprint density at radius 2 is 1.48 bits per heavy atom. The second-order valence-electron chi connectivity index (χ2n) is 6.13. The zero-order valence-corrected chi connectivity index (χ0v) is 16.3. The van der Waals surface area contributed by atoms with E-state index in [2.05, 4.69) is 0 Å².